The second-order valence-corrected chi connectivity index (χ2v) is 7.89. The van der Waals surface area contributed by atoms with E-state index >= 15 is 0 Å². The quantitative estimate of drug-likeness (QED) is 0.864. The van der Waals surface area contributed by atoms with Crippen LogP contribution in [0.3, 0.4) is 0 Å². The van der Waals surface area contributed by atoms with Gasteiger partial charge in [-0.05, 0) is 17.7 Å². The number of methoxy groups -OCH3 is 1. The molecule has 1 aromatic carbocycles. The third-order valence-electron chi connectivity index (χ3n) is 2.62. The van der Waals surface area contributed by atoms with Gasteiger partial charge in [-0.25, -0.2) is 8.42 Å². The smallest absolute Gasteiger partial charge is 0.264 e. The van der Waals surface area contributed by atoms with Crippen LogP contribution in [0.2, 0.25) is 0 Å². The monoisotopic (exact) mass is 319 g/mol. The Labute approximate surface area is 123 Å². The highest BCUT2D eigenvalue weighted by atomic mass is 35.7. The largest absolute Gasteiger partial charge is 0.495 e. The van der Waals surface area contributed by atoms with E-state index in [2.05, 4.69) is 5.32 Å². The minimum atomic E-state index is -3.90. The van der Waals surface area contributed by atoms with E-state index in [0.717, 1.165) is 0 Å². The first-order valence-electron chi connectivity index (χ1n) is 5.95. The van der Waals surface area contributed by atoms with Gasteiger partial charge in [0, 0.05) is 22.6 Å². The Morgan fingerprint density at radius 1 is 1.35 bits per heavy atom. The van der Waals surface area contributed by atoms with Crippen LogP contribution < -0.4 is 10.1 Å². The molecule has 0 aliphatic carbocycles. The van der Waals surface area contributed by atoms with Crippen molar-refractivity contribution in [2.24, 2.45) is 5.41 Å². The number of halogens is 1. The lowest BCUT2D eigenvalue weighted by Crippen LogP contribution is -2.34. The van der Waals surface area contributed by atoms with Crippen molar-refractivity contribution >= 4 is 25.6 Å². The van der Waals surface area contributed by atoms with E-state index in [1.807, 2.05) is 0 Å². The van der Waals surface area contributed by atoms with Gasteiger partial charge in [0.2, 0.25) is 5.91 Å². The summed E-state index contributed by atoms with van der Waals surface area (Å²) in [5, 5.41) is 2.74. The van der Waals surface area contributed by atoms with Gasteiger partial charge in [0.05, 0.1) is 7.11 Å². The molecule has 1 amide bonds. The summed E-state index contributed by atoms with van der Waals surface area (Å²) in [7, 11) is 2.82. The molecule has 0 atom stereocenters. The topological polar surface area (TPSA) is 72.5 Å². The van der Waals surface area contributed by atoms with Gasteiger partial charge in [-0.15, -0.1) is 0 Å². The average molecular weight is 320 g/mol. The Hall–Kier alpha value is -1.27. The number of benzene rings is 1. The molecule has 5 nitrogen and oxygen atoms in total. The molecule has 0 heterocycles. The minimum Gasteiger partial charge on any atom is -0.495 e. The fraction of sp³-hybridized carbons (Fsp3) is 0.462. The van der Waals surface area contributed by atoms with Crippen molar-refractivity contribution in [3.63, 3.8) is 0 Å². The number of nitrogens with one attached hydrogen (secondary N) is 1. The van der Waals surface area contributed by atoms with Gasteiger partial charge in [0.25, 0.3) is 9.05 Å². The first kappa shape index (κ1) is 16.8. The summed E-state index contributed by atoms with van der Waals surface area (Å²) >= 11 is 0. The Morgan fingerprint density at radius 3 is 2.40 bits per heavy atom. The molecule has 0 spiro atoms. The van der Waals surface area contributed by atoms with Crippen LogP contribution >= 0.6 is 10.7 Å². The summed E-state index contributed by atoms with van der Waals surface area (Å²) in [6.45, 7) is 5.61. The maximum Gasteiger partial charge on any atom is 0.264 e. The molecule has 0 fully saturated rings. The van der Waals surface area contributed by atoms with E-state index in [-0.39, 0.29) is 23.1 Å². The van der Waals surface area contributed by atoms with Crippen LogP contribution in [0.25, 0.3) is 0 Å². The van der Waals surface area contributed by atoms with E-state index in [1.54, 1.807) is 26.8 Å². The molecular formula is C13H18ClNO4S. The second kappa shape index (κ2) is 6.01. The molecule has 20 heavy (non-hydrogen) atoms. The number of amides is 1. The molecule has 0 radical (unpaired) electrons. The van der Waals surface area contributed by atoms with E-state index in [9.17, 15) is 13.2 Å². The molecule has 0 saturated heterocycles. The third kappa shape index (κ3) is 4.38. The van der Waals surface area contributed by atoms with Crippen molar-refractivity contribution in [2.75, 3.05) is 7.11 Å². The zero-order valence-corrected chi connectivity index (χ0v) is 13.4. The van der Waals surface area contributed by atoms with Crippen molar-refractivity contribution in [1.29, 1.82) is 0 Å². The number of carbonyl (C=O) groups excluding carboxylic acids is 1. The lowest BCUT2D eigenvalue weighted by Gasteiger charge is -2.18. The summed E-state index contributed by atoms with van der Waals surface area (Å²) in [5.74, 6) is 0.0505. The highest BCUT2D eigenvalue weighted by molar-refractivity contribution is 8.13. The summed E-state index contributed by atoms with van der Waals surface area (Å²) in [6.07, 6.45) is 0. The number of hydrogen-bond acceptors (Lipinski definition) is 4. The fourth-order valence-electron chi connectivity index (χ4n) is 1.47. The van der Waals surface area contributed by atoms with Crippen molar-refractivity contribution in [1.82, 2.24) is 5.32 Å². The maximum absolute atomic E-state index is 11.8. The Balaban J connectivity index is 2.97. The van der Waals surface area contributed by atoms with E-state index in [4.69, 9.17) is 15.4 Å². The molecule has 0 saturated carbocycles. The van der Waals surface area contributed by atoms with E-state index < -0.39 is 14.5 Å². The standard InChI is InChI=1S/C13H18ClNO4S/c1-13(2,3)12(16)15-8-9-5-6-10(19-4)11(7-9)20(14,17)18/h5-7H,8H2,1-4H3,(H,15,16). The van der Waals surface area contributed by atoms with Crippen LogP contribution in [0.1, 0.15) is 26.3 Å². The van der Waals surface area contributed by atoms with Crippen LogP contribution in [0.4, 0.5) is 0 Å². The van der Waals surface area contributed by atoms with Crippen LogP contribution in [-0.4, -0.2) is 21.4 Å². The van der Waals surface area contributed by atoms with Crippen LogP contribution in [-0.2, 0) is 20.4 Å². The molecular weight excluding hydrogens is 302 g/mol. The third-order valence-corrected chi connectivity index (χ3v) is 3.97. The minimum absolute atomic E-state index is 0.107. The zero-order chi connectivity index (χ0) is 15.6. The van der Waals surface area contributed by atoms with Crippen molar-refractivity contribution in [3.8, 4) is 5.75 Å². The second-order valence-electron chi connectivity index (χ2n) is 5.36. The van der Waals surface area contributed by atoms with Crippen molar-refractivity contribution in [2.45, 2.75) is 32.2 Å². The Morgan fingerprint density at radius 2 is 1.95 bits per heavy atom. The summed E-state index contributed by atoms with van der Waals surface area (Å²) in [6, 6.07) is 4.57. The van der Waals surface area contributed by atoms with Gasteiger partial charge in [0.15, 0.2) is 0 Å². The lowest BCUT2D eigenvalue weighted by molar-refractivity contribution is -0.128. The average Bonchev–Trinajstić information content (AvgIpc) is 2.33. The van der Waals surface area contributed by atoms with E-state index in [0.29, 0.717) is 5.56 Å². The lowest BCUT2D eigenvalue weighted by atomic mass is 9.95. The fourth-order valence-corrected chi connectivity index (χ4v) is 2.51. The number of rotatable bonds is 4. The number of hydrogen-bond donors (Lipinski definition) is 1. The van der Waals surface area contributed by atoms with Crippen LogP contribution in [0.5, 0.6) is 5.75 Å². The first-order chi connectivity index (χ1) is 9.05. The van der Waals surface area contributed by atoms with Gasteiger partial charge in [-0.3, -0.25) is 4.79 Å². The highest BCUT2D eigenvalue weighted by Crippen LogP contribution is 2.27. The molecule has 1 rings (SSSR count). The summed E-state index contributed by atoms with van der Waals surface area (Å²) in [4.78, 5) is 11.7. The number of ether oxygens (including phenoxy) is 1. The molecule has 0 aliphatic rings. The van der Waals surface area contributed by atoms with Gasteiger partial charge < -0.3 is 10.1 Å². The molecule has 1 aromatic rings. The number of carbonyl (C=O) groups is 1. The molecule has 112 valence electrons. The van der Waals surface area contributed by atoms with Gasteiger partial charge in [0.1, 0.15) is 10.6 Å². The zero-order valence-electron chi connectivity index (χ0n) is 11.9. The highest BCUT2D eigenvalue weighted by Gasteiger charge is 2.21. The van der Waals surface area contributed by atoms with Gasteiger partial charge in [-0.1, -0.05) is 26.8 Å². The summed E-state index contributed by atoms with van der Waals surface area (Å²) in [5.41, 5.74) is 0.121. The predicted molar refractivity (Wildman–Crippen MR) is 77.3 cm³/mol. The van der Waals surface area contributed by atoms with Gasteiger partial charge in [-0.2, -0.15) is 0 Å². The molecule has 0 unspecified atom stereocenters. The normalized spacial score (nSPS) is 12.1. The van der Waals surface area contributed by atoms with Crippen molar-refractivity contribution in [3.05, 3.63) is 23.8 Å². The Kier molecular flexibility index (Phi) is 5.05. The van der Waals surface area contributed by atoms with Crippen LogP contribution in [0.15, 0.2) is 23.1 Å². The van der Waals surface area contributed by atoms with E-state index in [1.165, 1.54) is 19.2 Å². The molecule has 0 bridgehead atoms. The van der Waals surface area contributed by atoms with Gasteiger partial charge >= 0.3 is 0 Å². The molecule has 1 N–H and O–H groups in total. The SMILES string of the molecule is COc1ccc(CNC(=O)C(C)(C)C)cc1S(=O)(=O)Cl. The molecule has 0 aliphatic heterocycles. The van der Waals surface area contributed by atoms with Crippen LogP contribution in [0, 0.1) is 5.41 Å². The first-order valence-corrected chi connectivity index (χ1v) is 8.26. The predicted octanol–water partition coefficient (Wildman–Crippen LogP) is 2.29. The molecule has 0 aromatic heterocycles. The van der Waals surface area contributed by atoms with Crippen molar-refractivity contribution < 1.29 is 17.9 Å². The summed E-state index contributed by atoms with van der Waals surface area (Å²) < 4.78 is 27.9. The molecule has 7 heteroatoms. The maximum atomic E-state index is 11.8. The Bertz CT molecular complexity index is 605.